The van der Waals surface area contributed by atoms with Crippen LogP contribution in [0.2, 0.25) is 0 Å². The quantitative estimate of drug-likeness (QED) is 0.631. The van der Waals surface area contributed by atoms with Gasteiger partial charge in [0, 0.05) is 31.0 Å². The molecular weight excluding hydrogens is 354 g/mol. The van der Waals surface area contributed by atoms with Gasteiger partial charge in [0.25, 0.3) is 0 Å². The van der Waals surface area contributed by atoms with Crippen LogP contribution in [0.25, 0.3) is 10.7 Å². The maximum absolute atomic E-state index is 12.4. The first kappa shape index (κ1) is 17.9. The number of aromatic nitrogens is 2. The van der Waals surface area contributed by atoms with E-state index in [1.165, 1.54) is 18.4 Å². The van der Waals surface area contributed by atoms with Gasteiger partial charge < -0.3 is 5.32 Å². The highest BCUT2D eigenvalue weighted by atomic mass is 32.1. The molecule has 1 aromatic carbocycles. The molecular formula is C22H23N3OS. The predicted octanol–water partition coefficient (Wildman–Crippen LogP) is 4.45. The highest BCUT2D eigenvalue weighted by Crippen LogP contribution is 2.44. The number of carbonyl (C=O) groups excluding carboxylic acids is 1. The van der Waals surface area contributed by atoms with Gasteiger partial charge in [0.1, 0.15) is 5.01 Å². The largest absolute Gasteiger partial charge is 0.356 e. The van der Waals surface area contributed by atoms with Crippen LogP contribution in [0, 0.1) is 5.92 Å². The molecule has 1 unspecified atom stereocenters. The Morgan fingerprint density at radius 3 is 2.70 bits per heavy atom. The molecule has 4 rings (SSSR count). The lowest BCUT2D eigenvalue weighted by molar-refractivity contribution is -0.121. The molecule has 1 saturated carbocycles. The Bertz CT molecular complexity index is 875. The van der Waals surface area contributed by atoms with Crippen molar-refractivity contribution >= 4 is 17.2 Å². The first-order valence-corrected chi connectivity index (χ1v) is 10.3. The predicted molar refractivity (Wildman–Crippen MR) is 109 cm³/mol. The number of amides is 1. The second-order valence-electron chi connectivity index (χ2n) is 7.02. The molecule has 0 saturated heterocycles. The van der Waals surface area contributed by atoms with E-state index < -0.39 is 0 Å². The van der Waals surface area contributed by atoms with Gasteiger partial charge in [0.2, 0.25) is 5.91 Å². The summed E-state index contributed by atoms with van der Waals surface area (Å²) in [5.41, 5.74) is 3.19. The van der Waals surface area contributed by atoms with Crippen LogP contribution in [0.4, 0.5) is 0 Å². The zero-order valence-corrected chi connectivity index (χ0v) is 16.0. The van der Waals surface area contributed by atoms with Gasteiger partial charge in [-0.25, -0.2) is 4.98 Å². The Morgan fingerprint density at radius 1 is 1.15 bits per heavy atom. The standard InChI is InChI=1S/C22H23N3OS/c26-21(14-19(17-9-10-17)16-6-2-1-3-7-16)24-13-11-18-15-27-22(25-18)20-8-4-5-12-23-20/h1-8,12,15,17,19H,9-11,13-14H2,(H,24,26). The Kier molecular flexibility index (Phi) is 5.58. The van der Waals surface area contributed by atoms with Crippen LogP contribution in [0.5, 0.6) is 0 Å². The smallest absolute Gasteiger partial charge is 0.220 e. The molecule has 1 aliphatic carbocycles. The van der Waals surface area contributed by atoms with Crippen molar-refractivity contribution in [2.45, 2.75) is 31.6 Å². The van der Waals surface area contributed by atoms with Crippen molar-refractivity contribution < 1.29 is 4.79 Å². The van der Waals surface area contributed by atoms with Gasteiger partial charge in [-0.15, -0.1) is 11.3 Å². The van der Waals surface area contributed by atoms with Gasteiger partial charge in [0.15, 0.2) is 0 Å². The summed E-state index contributed by atoms with van der Waals surface area (Å²) in [5.74, 6) is 1.15. The third-order valence-electron chi connectivity index (χ3n) is 4.96. The maximum atomic E-state index is 12.4. The zero-order chi connectivity index (χ0) is 18.5. The maximum Gasteiger partial charge on any atom is 0.220 e. The molecule has 138 valence electrons. The zero-order valence-electron chi connectivity index (χ0n) is 15.2. The Balaban J connectivity index is 1.28. The van der Waals surface area contributed by atoms with Gasteiger partial charge in [-0.2, -0.15) is 0 Å². The minimum Gasteiger partial charge on any atom is -0.356 e. The molecule has 27 heavy (non-hydrogen) atoms. The van der Waals surface area contributed by atoms with Gasteiger partial charge in [-0.3, -0.25) is 9.78 Å². The van der Waals surface area contributed by atoms with E-state index in [0.717, 1.165) is 22.8 Å². The topological polar surface area (TPSA) is 54.9 Å². The number of pyridine rings is 1. The summed E-state index contributed by atoms with van der Waals surface area (Å²) < 4.78 is 0. The SMILES string of the molecule is O=C(CC(c1ccccc1)C1CC1)NCCc1csc(-c2ccccn2)n1. The minimum absolute atomic E-state index is 0.135. The van der Waals surface area contributed by atoms with Crippen LogP contribution in [0.15, 0.2) is 60.1 Å². The summed E-state index contributed by atoms with van der Waals surface area (Å²) in [6, 6.07) is 16.3. The molecule has 1 atom stereocenters. The number of hydrogen-bond acceptors (Lipinski definition) is 4. The lowest BCUT2D eigenvalue weighted by Crippen LogP contribution is -2.27. The second-order valence-corrected chi connectivity index (χ2v) is 7.88. The first-order chi connectivity index (χ1) is 13.3. The molecule has 0 bridgehead atoms. The third-order valence-corrected chi connectivity index (χ3v) is 5.88. The van der Waals surface area contributed by atoms with Crippen molar-refractivity contribution in [2.24, 2.45) is 5.92 Å². The third kappa shape index (κ3) is 4.80. The van der Waals surface area contributed by atoms with E-state index in [1.807, 2.05) is 29.6 Å². The number of nitrogens with one attached hydrogen (secondary N) is 1. The normalized spacial score (nSPS) is 14.7. The van der Waals surface area contributed by atoms with Gasteiger partial charge in [-0.1, -0.05) is 36.4 Å². The molecule has 1 N–H and O–H groups in total. The summed E-state index contributed by atoms with van der Waals surface area (Å²) in [6.07, 6.45) is 5.57. The summed E-state index contributed by atoms with van der Waals surface area (Å²) in [6.45, 7) is 0.621. The molecule has 5 heteroatoms. The van der Waals surface area contributed by atoms with Crippen molar-refractivity contribution in [1.82, 2.24) is 15.3 Å². The number of nitrogens with zero attached hydrogens (tertiary/aromatic N) is 2. The van der Waals surface area contributed by atoms with Gasteiger partial charge in [-0.05, 0) is 42.4 Å². The Hall–Kier alpha value is -2.53. The fourth-order valence-corrected chi connectivity index (χ4v) is 4.22. The molecule has 0 aliphatic heterocycles. The van der Waals surface area contributed by atoms with Gasteiger partial charge >= 0.3 is 0 Å². The fourth-order valence-electron chi connectivity index (χ4n) is 3.39. The molecule has 2 aromatic heterocycles. The average Bonchev–Trinajstić information content (AvgIpc) is 3.45. The Labute approximate surface area is 163 Å². The minimum atomic E-state index is 0.135. The van der Waals surface area contributed by atoms with Crippen molar-refractivity contribution in [3.05, 3.63) is 71.4 Å². The molecule has 1 aliphatic rings. The van der Waals surface area contributed by atoms with Crippen LogP contribution in [-0.2, 0) is 11.2 Å². The van der Waals surface area contributed by atoms with Crippen molar-refractivity contribution in [2.75, 3.05) is 6.54 Å². The first-order valence-electron chi connectivity index (χ1n) is 9.47. The molecule has 0 spiro atoms. The van der Waals surface area contributed by atoms with Crippen LogP contribution >= 0.6 is 11.3 Å². The molecule has 3 aromatic rings. The monoisotopic (exact) mass is 377 g/mol. The van der Waals surface area contributed by atoms with E-state index in [1.54, 1.807) is 17.5 Å². The molecule has 4 nitrogen and oxygen atoms in total. The number of thiazole rings is 1. The second kappa shape index (κ2) is 8.44. The van der Waals surface area contributed by atoms with Crippen LogP contribution in [0.3, 0.4) is 0 Å². The van der Waals surface area contributed by atoms with Crippen molar-refractivity contribution in [3.8, 4) is 10.7 Å². The Morgan fingerprint density at radius 2 is 1.96 bits per heavy atom. The average molecular weight is 378 g/mol. The summed E-state index contributed by atoms with van der Waals surface area (Å²) in [5, 5.41) is 6.05. The van der Waals surface area contributed by atoms with Crippen molar-refractivity contribution in [1.29, 1.82) is 0 Å². The molecule has 2 heterocycles. The summed E-state index contributed by atoms with van der Waals surface area (Å²) in [4.78, 5) is 21.4. The van der Waals surface area contributed by atoms with E-state index in [2.05, 4.69) is 39.6 Å². The highest BCUT2D eigenvalue weighted by molar-refractivity contribution is 7.13. The van der Waals surface area contributed by atoms with Crippen LogP contribution in [-0.4, -0.2) is 22.4 Å². The lowest BCUT2D eigenvalue weighted by atomic mass is 9.91. The highest BCUT2D eigenvalue weighted by Gasteiger charge is 2.33. The molecule has 1 fully saturated rings. The van der Waals surface area contributed by atoms with Crippen molar-refractivity contribution in [3.63, 3.8) is 0 Å². The lowest BCUT2D eigenvalue weighted by Gasteiger charge is -2.16. The van der Waals surface area contributed by atoms with Crippen LogP contribution < -0.4 is 5.32 Å². The summed E-state index contributed by atoms with van der Waals surface area (Å²) in [7, 11) is 0. The van der Waals surface area contributed by atoms with Gasteiger partial charge in [0.05, 0.1) is 11.4 Å². The number of rotatable bonds is 8. The molecule has 0 radical (unpaired) electrons. The van der Waals surface area contributed by atoms with E-state index in [4.69, 9.17) is 0 Å². The van der Waals surface area contributed by atoms with E-state index >= 15 is 0 Å². The van der Waals surface area contributed by atoms with E-state index in [-0.39, 0.29) is 5.91 Å². The number of benzene rings is 1. The fraction of sp³-hybridized carbons (Fsp3) is 0.318. The summed E-state index contributed by atoms with van der Waals surface area (Å²) >= 11 is 1.60. The number of carbonyl (C=O) groups is 1. The van der Waals surface area contributed by atoms with E-state index in [9.17, 15) is 4.79 Å². The van der Waals surface area contributed by atoms with E-state index in [0.29, 0.717) is 24.8 Å². The van der Waals surface area contributed by atoms with Crippen LogP contribution in [0.1, 0.15) is 36.4 Å². The number of hydrogen-bond donors (Lipinski definition) is 1. The molecule has 1 amide bonds.